The van der Waals surface area contributed by atoms with Gasteiger partial charge < -0.3 is 10.2 Å². The predicted octanol–water partition coefficient (Wildman–Crippen LogP) is 4.10. The highest BCUT2D eigenvalue weighted by molar-refractivity contribution is 7.17. The van der Waals surface area contributed by atoms with Crippen molar-refractivity contribution >= 4 is 33.0 Å². The van der Waals surface area contributed by atoms with Crippen molar-refractivity contribution in [2.45, 2.75) is 38.6 Å². The third-order valence-electron chi connectivity index (χ3n) is 4.12. The van der Waals surface area contributed by atoms with Gasteiger partial charge in [0, 0.05) is 23.5 Å². The van der Waals surface area contributed by atoms with Crippen LogP contribution in [-0.4, -0.2) is 29.9 Å². The van der Waals surface area contributed by atoms with Crippen LogP contribution in [0.5, 0.6) is 0 Å². The molecule has 1 atom stereocenters. The van der Waals surface area contributed by atoms with Gasteiger partial charge in [0.1, 0.15) is 6.04 Å². The number of rotatable bonds is 3. The summed E-state index contributed by atoms with van der Waals surface area (Å²) in [6.45, 7) is 3.79. The monoisotopic (exact) mass is 302 g/mol. The fraction of sp³-hybridized carbons (Fsp3) is 0.471. The molecule has 1 aromatic carbocycles. The SMILES string of the molecule is CC(Nc1ccc2sccc2c1)C(=O)N1CCCCCC1. The Hall–Kier alpha value is -1.55. The van der Waals surface area contributed by atoms with E-state index in [0.29, 0.717) is 0 Å². The Balaban J connectivity index is 1.66. The normalized spacial score (nSPS) is 17.5. The Kier molecular flexibility index (Phi) is 4.44. The summed E-state index contributed by atoms with van der Waals surface area (Å²) < 4.78 is 1.28. The number of hydrogen-bond acceptors (Lipinski definition) is 3. The van der Waals surface area contributed by atoms with E-state index < -0.39 is 0 Å². The van der Waals surface area contributed by atoms with Crippen LogP contribution < -0.4 is 5.32 Å². The number of anilines is 1. The van der Waals surface area contributed by atoms with Crippen LogP contribution in [-0.2, 0) is 4.79 Å². The summed E-state index contributed by atoms with van der Waals surface area (Å²) in [4.78, 5) is 14.6. The van der Waals surface area contributed by atoms with E-state index in [2.05, 4.69) is 35.0 Å². The molecule has 1 amide bonds. The molecule has 4 heteroatoms. The smallest absolute Gasteiger partial charge is 0.244 e. The van der Waals surface area contributed by atoms with E-state index in [1.54, 1.807) is 11.3 Å². The van der Waals surface area contributed by atoms with Crippen LogP contribution in [0.4, 0.5) is 5.69 Å². The van der Waals surface area contributed by atoms with Crippen LogP contribution in [0.25, 0.3) is 10.1 Å². The molecule has 0 saturated carbocycles. The van der Waals surface area contributed by atoms with Gasteiger partial charge in [-0.25, -0.2) is 0 Å². The largest absolute Gasteiger partial charge is 0.374 e. The number of carbonyl (C=O) groups excluding carboxylic acids is 1. The van der Waals surface area contributed by atoms with Crippen LogP contribution in [0.15, 0.2) is 29.6 Å². The predicted molar refractivity (Wildman–Crippen MR) is 90.0 cm³/mol. The van der Waals surface area contributed by atoms with Crippen molar-refractivity contribution in [2.75, 3.05) is 18.4 Å². The Morgan fingerprint density at radius 2 is 1.95 bits per heavy atom. The molecule has 3 rings (SSSR count). The van der Waals surface area contributed by atoms with E-state index in [9.17, 15) is 4.79 Å². The second-order valence-corrected chi connectivity index (χ2v) is 6.73. The molecular formula is C17H22N2OS. The molecule has 2 aromatic rings. The van der Waals surface area contributed by atoms with Gasteiger partial charge in [0.15, 0.2) is 0 Å². The number of nitrogens with zero attached hydrogens (tertiary/aromatic N) is 1. The molecule has 21 heavy (non-hydrogen) atoms. The number of likely N-dealkylation sites (tertiary alicyclic amines) is 1. The van der Waals surface area contributed by atoms with Crippen molar-refractivity contribution in [1.29, 1.82) is 0 Å². The highest BCUT2D eigenvalue weighted by Gasteiger charge is 2.21. The van der Waals surface area contributed by atoms with E-state index >= 15 is 0 Å². The second-order valence-electron chi connectivity index (χ2n) is 5.78. The first-order valence-corrected chi connectivity index (χ1v) is 8.64. The van der Waals surface area contributed by atoms with Gasteiger partial charge in [-0.15, -0.1) is 11.3 Å². The third kappa shape index (κ3) is 3.38. The Morgan fingerprint density at radius 1 is 1.19 bits per heavy atom. The van der Waals surface area contributed by atoms with Crippen LogP contribution in [0.2, 0.25) is 0 Å². The Bertz CT molecular complexity index is 614. The first-order chi connectivity index (χ1) is 10.2. The highest BCUT2D eigenvalue weighted by Crippen LogP contribution is 2.24. The van der Waals surface area contributed by atoms with Crippen LogP contribution in [0.1, 0.15) is 32.6 Å². The van der Waals surface area contributed by atoms with E-state index in [-0.39, 0.29) is 11.9 Å². The molecular weight excluding hydrogens is 280 g/mol. The minimum atomic E-state index is -0.167. The maximum atomic E-state index is 12.5. The summed E-state index contributed by atoms with van der Waals surface area (Å²) in [7, 11) is 0. The minimum Gasteiger partial charge on any atom is -0.374 e. The fourth-order valence-corrected chi connectivity index (χ4v) is 3.70. The maximum Gasteiger partial charge on any atom is 0.244 e. The van der Waals surface area contributed by atoms with Crippen molar-refractivity contribution < 1.29 is 4.79 Å². The second kappa shape index (κ2) is 6.48. The molecule has 2 heterocycles. The molecule has 1 aromatic heterocycles. The first kappa shape index (κ1) is 14.4. The molecule has 0 radical (unpaired) electrons. The molecule has 1 saturated heterocycles. The lowest BCUT2D eigenvalue weighted by molar-refractivity contribution is -0.131. The zero-order chi connectivity index (χ0) is 14.7. The average Bonchev–Trinajstić information content (AvgIpc) is 2.78. The molecule has 1 N–H and O–H groups in total. The third-order valence-corrected chi connectivity index (χ3v) is 5.02. The number of amides is 1. The molecule has 112 valence electrons. The summed E-state index contributed by atoms with van der Waals surface area (Å²) in [5.41, 5.74) is 1.02. The van der Waals surface area contributed by atoms with Crippen molar-refractivity contribution in [3.05, 3.63) is 29.6 Å². The van der Waals surface area contributed by atoms with Crippen molar-refractivity contribution in [2.24, 2.45) is 0 Å². The van der Waals surface area contributed by atoms with E-state index in [1.807, 2.05) is 11.8 Å². The maximum absolute atomic E-state index is 12.5. The van der Waals surface area contributed by atoms with Crippen molar-refractivity contribution in [3.63, 3.8) is 0 Å². The lowest BCUT2D eigenvalue weighted by atomic mass is 10.2. The summed E-state index contributed by atoms with van der Waals surface area (Å²) in [6, 6.07) is 8.25. The number of carbonyl (C=O) groups is 1. The summed E-state index contributed by atoms with van der Waals surface area (Å²) >= 11 is 1.74. The van der Waals surface area contributed by atoms with Crippen LogP contribution >= 0.6 is 11.3 Å². The summed E-state index contributed by atoms with van der Waals surface area (Å²) in [6.07, 6.45) is 4.78. The first-order valence-electron chi connectivity index (χ1n) is 7.76. The molecule has 0 bridgehead atoms. The molecule has 1 aliphatic heterocycles. The van der Waals surface area contributed by atoms with Crippen LogP contribution in [0.3, 0.4) is 0 Å². The van der Waals surface area contributed by atoms with Crippen LogP contribution in [0, 0.1) is 0 Å². The molecule has 3 nitrogen and oxygen atoms in total. The zero-order valence-corrected chi connectivity index (χ0v) is 13.3. The standard InChI is InChI=1S/C17H22N2OS/c1-13(17(20)19-9-4-2-3-5-10-19)18-15-6-7-16-14(12-15)8-11-21-16/h6-8,11-13,18H,2-5,9-10H2,1H3. The summed E-state index contributed by atoms with van der Waals surface area (Å²) in [5.74, 6) is 0.224. The van der Waals surface area contributed by atoms with Gasteiger partial charge in [-0.05, 0) is 54.8 Å². The number of fused-ring (bicyclic) bond motifs is 1. The van der Waals surface area contributed by atoms with Gasteiger partial charge in [0.05, 0.1) is 0 Å². The van der Waals surface area contributed by atoms with E-state index in [0.717, 1.165) is 31.6 Å². The summed E-state index contributed by atoms with van der Waals surface area (Å²) in [5, 5.41) is 6.69. The van der Waals surface area contributed by atoms with Gasteiger partial charge in [0.25, 0.3) is 0 Å². The van der Waals surface area contributed by atoms with E-state index in [1.165, 1.54) is 22.9 Å². The number of thiophene rings is 1. The zero-order valence-electron chi connectivity index (χ0n) is 12.5. The average molecular weight is 302 g/mol. The molecule has 1 fully saturated rings. The van der Waals surface area contributed by atoms with Gasteiger partial charge in [-0.2, -0.15) is 0 Å². The Morgan fingerprint density at radius 3 is 2.71 bits per heavy atom. The molecule has 0 aliphatic carbocycles. The highest BCUT2D eigenvalue weighted by atomic mass is 32.1. The molecule has 0 spiro atoms. The van der Waals surface area contributed by atoms with E-state index in [4.69, 9.17) is 0 Å². The minimum absolute atomic E-state index is 0.167. The van der Waals surface area contributed by atoms with Gasteiger partial charge in [0.2, 0.25) is 5.91 Å². The van der Waals surface area contributed by atoms with Gasteiger partial charge >= 0.3 is 0 Å². The number of benzene rings is 1. The Labute approximate surface area is 130 Å². The topological polar surface area (TPSA) is 32.3 Å². The molecule has 1 aliphatic rings. The van der Waals surface area contributed by atoms with Crippen molar-refractivity contribution in [1.82, 2.24) is 4.90 Å². The lowest BCUT2D eigenvalue weighted by Crippen LogP contribution is -2.41. The molecule has 1 unspecified atom stereocenters. The van der Waals surface area contributed by atoms with Gasteiger partial charge in [-0.3, -0.25) is 4.79 Å². The number of nitrogens with one attached hydrogen (secondary N) is 1. The number of hydrogen-bond donors (Lipinski definition) is 1. The van der Waals surface area contributed by atoms with Crippen molar-refractivity contribution in [3.8, 4) is 0 Å². The lowest BCUT2D eigenvalue weighted by Gasteiger charge is -2.25. The quantitative estimate of drug-likeness (QED) is 0.925. The fourth-order valence-electron chi connectivity index (χ4n) is 2.93. The van der Waals surface area contributed by atoms with Gasteiger partial charge in [-0.1, -0.05) is 12.8 Å².